The smallest absolute Gasteiger partial charge is 0.306 e. The van der Waals surface area contributed by atoms with Gasteiger partial charge in [-0.05, 0) is 37.5 Å². The third-order valence-electron chi connectivity index (χ3n) is 5.06. The Morgan fingerprint density at radius 2 is 1.89 bits per heavy atom. The maximum absolute atomic E-state index is 10.9. The molecular weight excluding hydrogens is 226 g/mol. The summed E-state index contributed by atoms with van der Waals surface area (Å²) in [7, 11) is 0. The second kappa shape index (κ2) is 6.05. The number of likely N-dealkylation sites (tertiary alicyclic amines) is 1. The number of carboxylic acid groups (broad SMARTS) is 1. The van der Waals surface area contributed by atoms with E-state index < -0.39 is 5.97 Å². The molecule has 1 atom stereocenters. The minimum atomic E-state index is -0.633. The Bertz CT molecular complexity index is 278. The molecule has 1 heterocycles. The van der Waals surface area contributed by atoms with E-state index in [1.54, 1.807) is 0 Å². The monoisotopic (exact) mass is 253 g/mol. The van der Waals surface area contributed by atoms with Crippen LogP contribution in [0.4, 0.5) is 0 Å². The van der Waals surface area contributed by atoms with E-state index in [2.05, 4.69) is 11.8 Å². The summed E-state index contributed by atoms with van der Waals surface area (Å²) in [5, 5.41) is 8.99. The van der Waals surface area contributed by atoms with Gasteiger partial charge in [0.1, 0.15) is 0 Å². The van der Waals surface area contributed by atoms with Gasteiger partial charge in [-0.25, -0.2) is 0 Å². The van der Waals surface area contributed by atoms with Gasteiger partial charge in [0, 0.05) is 19.1 Å². The molecule has 1 unspecified atom stereocenters. The van der Waals surface area contributed by atoms with Crippen molar-refractivity contribution in [3.63, 3.8) is 0 Å². The average Bonchev–Trinajstić information content (AvgIpc) is 2.29. The fourth-order valence-corrected chi connectivity index (χ4v) is 3.57. The number of hydrogen-bond donors (Lipinski definition) is 1. The average molecular weight is 253 g/mol. The maximum atomic E-state index is 10.9. The summed E-state index contributed by atoms with van der Waals surface area (Å²) in [6.07, 6.45) is 8.14. The molecule has 2 fully saturated rings. The lowest BCUT2D eigenvalue weighted by atomic mass is 9.79. The van der Waals surface area contributed by atoms with E-state index in [1.165, 1.54) is 38.5 Å². The van der Waals surface area contributed by atoms with E-state index in [0.717, 1.165) is 25.0 Å². The molecule has 18 heavy (non-hydrogen) atoms. The van der Waals surface area contributed by atoms with Gasteiger partial charge in [0.05, 0.1) is 5.92 Å². The number of hydrogen-bond acceptors (Lipinski definition) is 2. The number of carbonyl (C=O) groups is 1. The number of aliphatic carboxylic acids is 1. The summed E-state index contributed by atoms with van der Waals surface area (Å²) < 4.78 is 0. The highest BCUT2D eigenvalue weighted by molar-refractivity contribution is 5.70. The van der Waals surface area contributed by atoms with Crippen LogP contribution in [0.3, 0.4) is 0 Å². The van der Waals surface area contributed by atoms with Crippen molar-refractivity contribution in [2.24, 2.45) is 17.8 Å². The summed E-state index contributed by atoms with van der Waals surface area (Å²) >= 11 is 0. The molecule has 2 rings (SSSR count). The molecule has 1 saturated carbocycles. The molecule has 1 N–H and O–H groups in total. The van der Waals surface area contributed by atoms with E-state index in [-0.39, 0.29) is 5.92 Å². The molecular formula is C15H27NO2. The largest absolute Gasteiger partial charge is 0.481 e. The molecule has 104 valence electrons. The number of rotatable bonds is 5. The Morgan fingerprint density at radius 3 is 2.39 bits per heavy atom. The first-order valence-electron chi connectivity index (χ1n) is 7.58. The molecule has 3 nitrogen and oxygen atoms in total. The molecule has 0 aromatic rings. The van der Waals surface area contributed by atoms with Crippen molar-refractivity contribution in [2.45, 2.75) is 58.4 Å². The van der Waals surface area contributed by atoms with Crippen LogP contribution in [0, 0.1) is 17.8 Å². The molecule has 1 aliphatic carbocycles. The quantitative estimate of drug-likeness (QED) is 0.819. The Hall–Kier alpha value is -0.570. The van der Waals surface area contributed by atoms with Crippen LogP contribution in [-0.4, -0.2) is 35.1 Å². The molecule has 0 aromatic carbocycles. The summed E-state index contributed by atoms with van der Waals surface area (Å²) in [4.78, 5) is 13.4. The van der Waals surface area contributed by atoms with Crippen LogP contribution in [0.15, 0.2) is 0 Å². The predicted octanol–water partition coefficient (Wildman–Crippen LogP) is 3.00. The van der Waals surface area contributed by atoms with Crippen LogP contribution < -0.4 is 0 Å². The molecule has 1 aliphatic heterocycles. The Kier molecular flexibility index (Phi) is 4.66. The van der Waals surface area contributed by atoms with Crippen LogP contribution >= 0.6 is 0 Å². The number of carboxylic acids is 1. The van der Waals surface area contributed by atoms with Gasteiger partial charge in [0.15, 0.2) is 0 Å². The van der Waals surface area contributed by atoms with Crippen molar-refractivity contribution in [3.8, 4) is 0 Å². The van der Waals surface area contributed by atoms with Crippen molar-refractivity contribution >= 4 is 5.97 Å². The number of nitrogens with zero attached hydrogens (tertiary/aromatic N) is 1. The first kappa shape index (κ1) is 13.9. The minimum absolute atomic E-state index is 0.169. The highest BCUT2D eigenvalue weighted by Crippen LogP contribution is 2.35. The van der Waals surface area contributed by atoms with Gasteiger partial charge < -0.3 is 5.11 Å². The van der Waals surface area contributed by atoms with Crippen molar-refractivity contribution in [3.05, 3.63) is 0 Å². The van der Waals surface area contributed by atoms with Crippen LogP contribution in [0.5, 0.6) is 0 Å². The lowest BCUT2D eigenvalue weighted by Gasteiger charge is -2.48. The molecule has 0 radical (unpaired) electrons. The van der Waals surface area contributed by atoms with Gasteiger partial charge in [0.25, 0.3) is 0 Å². The van der Waals surface area contributed by atoms with Gasteiger partial charge in [-0.2, -0.15) is 0 Å². The fraction of sp³-hybridized carbons (Fsp3) is 0.933. The SMILES string of the molecule is CCCC1CCC(N2CC(C(C)C(=O)O)C2)CC1. The standard InChI is InChI=1S/C15H27NO2/c1-3-4-12-5-7-14(8-6-12)16-9-13(10-16)11(2)15(17)18/h11-14H,3-10H2,1-2H3,(H,17,18). The van der Waals surface area contributed by atoms with E-state index >= 15 is 0 Å². The normalized spacial score (nSPS) is 31.9. The summed E-state index contributed by atoms with van der Waals surface area (Å²) in [5.74, 6) is 0.543. The zero-order chi connectivity index (χ0) is 13.1. The van der Waals surface area contributed by atoms with Gasteiger partial charge in [-0.3, -0.25) is 9.69 Å². The summed E-state index contributed by atoms with van der Waals surface area (Å²) in [5.41, 5.74) is 0. The zero-order valence-corrected chi connectivity index (χ0v) is 11.8. The van der Waals surface area contributed by atoms with Crippen LogP contribution in [0.25, 0.3) is 0 Å². The van der Waals surface area contributed by atoms with E-state index in [9.17, 15) is 4.79 Å². The van der Waals surface area contributed by atoms with Gasteiger partial charge >= 0.3 is 5.97 Å². The fourth-order valence-electron chi connectivity index (χ4n) is 3.57. The predicted molar refractivity (Wildman–Crippen MR) is 72.5 cm³/mol. The van der Waals surface area contributed by atoms with Gasteiger partial charge in [-0.15, -0.1) is 0 Å². The van der Waals surface area contributed by atoms with E-state index in [1.807, 2.05) is 6.92 Å². The molecule has 1 saturated heterocycles. The van der Waals surface area contributed by atoms with Crippen LogP contribution in [0.2, 0.25) is 0 Å². The highest BCUT2D eigenvalue weighted by atomic mass is 16.4. The van der Waals surface area contributed by atoms with E-state index in [0.29, 0.717) is 5.92 Å². The third kappa shape index (κ3) is 3.05. The van der Waals surface area contributed by atoms with Crippen LogP contribution in [0.1, 0.15) is 52.4 Å². The molecule has 0 aromatic heterocycles. The minimum Gasteiger partial charge on any atom is -0.481 e. The molecule has 2 aliphatic rings. The molecule has 3 heteroatoms. The van der Waals surface area contributed by atoms with Gasteiger partial charge in [-0.1, -0.05) is 26.7 Å². The zero-order valence-electron chi connectivity index (χ0n) is 11.8. The summed E-state index contributed by atoms with van der Waals surface area (Å²) in [6, 6.07) is 0.746. The van der Waals surface area contributed by atoms with E-state index in [4.69, 9.17) is 5.11 Å². The first-order chi connectivity index (χ1) is 8.61. The molecule has 0 spiro atoms. The van der Waals surface area contributed by atoms with Crippen molar-refractivity contribution in [1.82, 2.24) is 4.90 Å². The third-order valence-corrected chi connectivity index (χ3v) is 5.06. The first-order valence-corrected chi connectivity index (χ1v) is 7.58. The Morgan fingerprint density at radius 1 is 1.28 bits per heavy atom. The highest BCUT2D eigenvalue weighted by Gasteiger charge is 2.38. The Balaban J connectivity index is 1.69. The lowest BCUT2D eigenvalue weighted by molar-refractivity contribution is -0.146. The summed E-state index contributed by atoms with van der Waals surface area (Å²) in [6.45, 7) is 6.15. The van der Waals surface area contributed by atoms with Crippen LogP contribution in [-0.2, 0) is 4.79 Å². The van der Waals surface area contributed by atoms with Crippen molar-refractivity contribution < 1.29 is 9.90 Å². The van der Waals surface area contributed by atoms with Crippen molar-refractivity contribution in [2.75, 3.05) is 13.1 Å². The molecule has 0 bridgehead atoms. The second-order valence-electron chi connectivity index (χ2n) is 6.30. The maximum Gasteiger partial charge on any atom is 0.306 e. The lowest BCUT2D eigenvalue weighted by Crippen LogP contribution is -2.55. The topological polar surface area (TPSA) is 40.5 Å². The van der Waals surface area contributed by atoms with Crippen molar-refractivity contribution in [1.29, 1.82) is 0 Å². The second-order valence-corrected chi connectivity index (χ2v) is 6.30. The Labute approximate surface area is 111 Å². The van der Waals surface area contributed by atoms with Gasteiger partial charge in [0.2, 0.25) is 0 Å². The molecule has 0 amide bonds.